The predicted molar refractivity (Wildman–Crippen MR) is 91.8 cm³/mol. The molecule has 1 aromatic rings. The second-order valence-electron chi connectivity index (χ2n) is 7.02. The zero-order valence-electron chi connectivity index (χ0n) is 14.9. The third-order valence-electron chi connectivity index (χ3n) is 3.79. The Labute approximate surface area is 151 Å². The molecule has 1 aliphatic rings. The van der Waals surface area contributed by atoms with Crippen LogP contribution >= 0.6 is 0 Å². The van der Waals surface area contributed by atoms with Crippen LogP contribution in [0.25, 0.3) is 0 Å². The van der Waals surface area contributed by atoms with Gasteiger partial charge in [0.25, 0.3) is 11.8 Å². The molecule has 8 heteroatoms. The summed E-state index contributed by atoms with van der Waals surface area (Å²) in [5.74, 6) is -3.14. The Morgan fingerprint density at radius 1 is 1.15 bits per heavy atom. The van der Waals surface area contributed by atoms with Crippen LogP contribution in [0, 0.1) is 5.92 Å². The number of nitrogens with one attached hydrogen (secondary N) is 1. The van der Waals surface area contributed by atoms with Gasteiger partial charge in [-0.25, -0.2) is 4.79 Å². The lowest BCUT2D eigenvalue weighted by Gasteiger charge is -2.21. The molecule has 8 nitrogen and oxygen atoms in total. The standard InChI is InChI=1S/C18H22N2O6/c1-18(2,3)26-17(25)19-9-8-11(16(23)24)10-20-14(21)12-6-4-5-7-13(12)15(20)22/h4-7,11H,8-10H2,1-3H3,(H,19,25)(H,23,24)/t11-/m1/s1. The van der Waals surface area contributed by atoms with Crippen molar-refractivity contribution in [3.63, 3.8) is 0 Å². The lowest BCUT2D eigenvalue weighted by Crippen LogP contribution is -2.39. The van der Waals surface area contributed by atoms with Gasteiger partial charge in [0.05, 0.1) is 17.0 Å². The molecule has 0 saturated heterocycles. The van der Waals surface area contributed by atoms with Gasteiger partial charge in [-0.15, -0.1) is 0 Å². The van der Waals surface area contributed by atoms with Crippen LogP contribution in [0.5, 0.6) is 0 Å². The minimum Gasteiger partial charge on any atom is -0.481 e. The van der Waals surface area contributed by atoms with Gasteiger partial charge in [0.1, 0.15) is 5.60 Å². The summed E-state index contributed by atoms with van der Waals surface area (Å²) in [5.41, 5.74) is -0.113. The summed E-state index contributed by atoms with van der Waals surface area (Å²) in [6.07, 6.45) is -0.593. The van der Waals surface area contributed by atoms with Crippen molar-refractivity contribution in [3.8, 4) is 0 Å². The number of hydrogen-bond donors (Lipinski definition) is 2. The topological polar surface area (TPSA) is 113 Å². The summed E-state index contributed by atoms with van der Waals surface area (Å²) < 4.78 is 5.07. The van der Waals surface area contributed by atoms with Gasteiger partial charge < -0.3 is 15.2 Å². The van der Waals surface area contributed by atoms with E-state index in [2.05, 4.69) is 5.32 Å². The number of rotatable bonds is 6. The van der Waals surface area contributed by atoms with Crippen LogP contribution in [-0.4, -0.2) is 52.6 Å². The van der Waals surface area contributed by atoms with Gasteiger partial charge in [-0.2, -0.15) is 0 Å². The number of alkyl carbamates (subject to hydrolysis) is 1. The number of fused-ring (bicyclic) bond motifs is 1. The first-order valence-corrected chi connectivity index (χ1v) is 8.25. The molecular formula is C18H22N2O6. The zero-order chi connectivity index (χ0) is 19.5. The molecule has 2 rings (SSSR count). The number of carbonyl (C=O) groups excluding carboxylic acids is 3. The summed E-state index contributed by atoms with van der Waals surface area (Å²) in [7, 11) is 0. The van der Waals surface area contributed by atoms with E-state index in [4.69, 9.17) is 4.74 Å². The van der Waals surface area contributed by atoms with Crippen molar-refractivity contribution in [1.82, 2.24) is 10.2 Å². The highest BCUT2D eigenvalue weighted by atomic mass is 16.6. The average molecular weight is 362 g/mol. The number of carboxylic acids is 1. The number of hydrogen-bond acceptors (Lipinski definition) is 5. The van der Waals surface area contributed by atoms with Gasteiger partial charge in [-0.05, 0) is 39.3 Å². The van der Waals surface area contributed by atoms with Gasteiger partial charge in [0.15, 0.2) is 0 Å². The van der Waals surface area contributed by atoms with Gasteiger partial charge in [0, 0.05) is 13.1 Å². The molecular weight excluding hydrogens is 340 g/mol. The summed E-state index contributed by atoms with van der Waals surface area (Å²) in [5, 5.41) is 11.9. The Bertz CT molecular complexity index is 702. The fraction of sp³-hybridized carbons (Fsp3) is 0.444. The molecule has 1 aliphatic heterocycles. The van der Waals surface area contributed by atoms with Crippen molar-refractivity contribution in [1.29, 1.82) is 0 Å². The Morgan fingerprint density at radius 3 is 2.15 bits per heavy atom. The second-order valence-corrected chi connectivity index (χ2v) is 7.02. The van der Waals surface area contributed by atoms with Crippen LogP contribution < -0.4 is 5.32 Å². The summed E-state index contributed by atoms with van der Waals surface area (Å²) in [6, 6.07) is 6.37. The quantitative estimate of drug-likeness (QED) is 0.747. The minimum absolute atomic E-state index is 0.0506. The molecule has 0 fully saturated rings. The lowest BCUT2D eigenvalue weighted by molar-refractivity contribution is -0.142. The number of imide groups is 1. The summed E-state index contributed by atoms with van der Waals surface area (Å²) in [6.45, 7) is 4.95. The summed E-state index contributed by atoms with van der Waals surface area (Å²) in [4.78, 5) is 48.7. The van der Waals surface area contributed by atoms with E-state index in [0.717, 1.165) is 4.90 Å². The van der Waals surface area contributed by atoms with Crippen LogP contribution in [0.15, 0.2) is 24.3 Å². The van der Waals surface area contributed by atoms with E-state index < -0.39 is 35.4 Å². The van der Waals surface area contributed by atoms with Crippen LogP contribution in [0.2, 0.25) is 0 Å². The zero-order valence-corrected chi connectivity index (χ0v) is 14.9. The fourth-order valence-electron chi connectivity index (χ4n) is 2.58. The first kappa shape index (κ1) is 19.4. The minimum atomic E-state index is -1.15. The Balaban J connectivity index is 1.95. The third kappa shape index (κ3) is 4.59. The Kier molecular flexibility index (Phi) is 5.64. The number of ether oxygens (including phenoxy) is 1. The van der Waals surface area contributed by atoms with Crippen LogP contribution in [0.4, 0.5) is 4.79 Å². The predicted octanol–water partition coefficient (Wildman–Crippen LogP) is 1.90. The SMILES string of the molecule is CC(C)(C)OC(=O)NCC[C@H](CN1C(=O)c2ccccc2C1=O)C(=O)O. The van der Waals surface area contributed by atoms with Crippen molar-refractivity contribution in [2.45, 2.75) is 32.8 Å². The molecule has 0 spiro atoms. The van der Waals surface area contributed by atoms with E-state index in [1.807, 2.05) is 0 Å². The molecule has 3 amide bonds. The van der Waals surface area contributed by atoms with E-state index in [0.29, 0.717) is 0 Å². The molecule has 0 saturated carbocycles. The molecule has 1 aromatic carbocycles. The van der Waals surface area contributed by atoms with E-state index >= 15 is 0 Å². The summed E-state index contributed by atoms with van der Waals surface area (Å²) >= 11 is 0. The Hall–Kier alpha value is -2.90. The number of aliphatic carboxylic acids is 1. The molecule has 0 aromatic heterocycles. The van der Waals surface area contributed by atoms with Crippen LogP contribution in [-0.2, 0) is 9.53 Å². The first-order valence-electron chi connectivity index (χ1n) is 8.25. The normalized spacial score (nSPS) is 14.8. The molecule has 2 N–H and O–H groups in total. The van der Waals surface area contributed by atoms with Crippen molar-refractivity contribution in [2.24, 2.45) is 5.92 Å². The number of carbonyl (C=O) groups is 4. The van der Waals surface area contributed by atoms with E-state index in [-0.39, 0.29) is 30.6 Å². The smallest absolute Gasteiger partial charge is 0.407 e. The number of amides is 3. The molecule has 140 valence electrons. The highest BCUT2D eigenvalue weighted by molar-refractivity contribution is 6.21. The Morgan fingerprint density at radius 2 is 1.69 bits per heavy atom. The maximum absolute atomic E-state index is 12.3. The monoisotopic (exact) mass is 362 g/mol. The van der Waals surface area contributed by atoms with Crippen LogP contribution in [0.3, 0.4) is 0 Å². The van der Waals surface area contributed by atoms with Crippen molar-refractivity contribution in [3.05, 3.63) is 35.4 Å². The first-order chi connectivity index (χ1) is 12.1. The van der Waals surface area contributed by atoms with Crippen molar-refractivity contribution in [2.75, 3.05) is 13.1 Å². The largest absolute Gasteiger partial charge is 0.481 e. The molecule has 1 heterocycles. The lowest BCUT2D eigenvalue weighted by atomic mass is 10.1. The highest BCUT2D eigenvalue weighted by Crippen LogP contribution is 2.24. The second kappa shape index (κ2) is 7.55. The molecule has 26 heavy (non-hydrogen) atoms. The maximum Gasteiger partial charge on any atom is 0.407 e. The van der Waals surface area contributed by atoms with Gasteiger partial charge in [-0.1, -0.05) is 12.1 Å². The number of carboxylic acid groups (broad SMARTS) is 1. The third-order valence-corrected chi connectivity index (χ3v) is 3.79. The number of nitrogens with zero attached hydrogens (tertiary/aromatic N) is 1. The molecule has 1 atom stereocenters. The maximum atomic E-state index is 12.3. The van der Waals surface area contributed by atoms with Gasteiger partial charge in [0.2, 0.25) is 0 Å². The van der Waals surface area contributed by atoms with Gasteiger partial charge >= 0.3 is 12.1 Å². The highest BCUT2D eigenvalue weighted by Gasteiger charge is 2.37. The van der Waals surface area contributed by atoms with Crippen molar-refractivity contribution < 1.29 is 29.0 Å². The van der Waals surface area contributed by atoms with E-state index in [1.54, 1.807) is 32.9 Å². The van der Waals surface area contributed by atoms with E-state index in [1.165, 1.54) is 12.1 Å². The van der Waals surface area contributed by atoms with Crippen LogP contribution in [0.1, 0.15) is 47.9 Å². The molecule has 0 radical (unpaired) electrons. The average Bonchev–Trinajstić information content (AvgIpc) is 2.77. The number of benzene rings is 1. The molecule has 0 aliphatic carbocycles. The fourth-order valence-corrected chi connectivity index (χ4v) is 2.58. The van der Waals surface area contributed by atoms with Gasteiger partial charge in [-0.3, -0.25) is 19.3 Å². The molecule has 0 unspecified atom stereocenters. The molecule has 0 bridgehead atoms. The van der Waals surface area contributed by atoms with E-state index in [9.17, 15) is 24.3 Å². The van der Waals surface area contributed by atoms with Crippen molar-refractivity contribution >= 4 is 23.9 Å².